The maximum atomic E-state index is 14.0. The average Bonchev–Trinajstić information content (AvgIpc) is 2.91. The minimum atomic E-state index is -4.09. The summed E-state index contributed by atoms with van der Waals surface area (Å²) in [6, 6.07) is 18.1. The zero-order chi connectivity index (χ0) is 29.4. The number of carbonyl (C=O) groups is 2. The molecule has 40 heavy (non-hydrogen) atoms. The summed E-state index contributed by atoms with van der Waals surface area (Å²) in [4.78, 5) is 28.9. The molecular formula is C30H35F2N3O4S. The molecule has 0 aliphatic carbocycles. The van der Waals surface area contributed by atoms with Crippen LogP contribution in [0.1, 0.15) is 37.0 Å². The van der Waals surface area contributed by atoms with Gasteiger partial charge in [0.1, 0.15) is 12.6 Å². The molecule has 2 amide bonds. The highest BCUT2D eigenvalue weighted by molar-refractivity contribution is 7.92. The molecule has 10 heteroatoms. The largest absolute Gasteiger partial charge is 0.352 e. The van der Waals surface area contributed by atoms with Crippen LogP contribution < -0.4 is 9.62 Å². The molecule has 0 aromatic heterocycles. The van der Waals surface area contributed by atoms with E-state index < -0.39 is 40.2 Å². The van der Waals surface area contributed by atoms with Crippen LogP contribution in [0.25, 0.3) is 0 Å². The molecule has 3 aromatic carbocycles. The Morgan fingerprint density at radius 3 is 2.15 bits per heavy atom. The van der Waals surface area contributed by atoms with Gasteiger partial charge in [-0.3, -0.25) is 13.9 Å². The Hall–Kier alpha value is -3.79. The van der Waals surface area contributed by atoms with Gasteiger partial charge in [0.05, 0.1) is 11.9 Å². The summed E-state index contributed by atoms with van der Waals surface area (Å²) in [6.45, 7) is 5.03. The van der Waals surface area contributed by atoms with Gasteiger partial charge in [0.2, 0.25) is 21.8 Å². The van der Waals surface area contributed by atoms with Gasteiger partial charge in [-0.05, 0) is 43.5 Å². The zero-order valence-corrected chi connectivity index (χ0v) is 23.9. The molecule has 0 saturated carbocycles. The van der Waals surface area contributed by atoms with Crippen LogP contribution in [0.3, 0.4) is 0 Å². The summed E-state index contributed by atoms with van der Waals surface area (Å²) >= 11 is 0. The number of halogens is 2. The van der Waals surface area contributed by atoms with Crippen molar-refractivity contribution in [1.29, 1.82) is 0 Å². The van der Waals surface area contributed by atoms with Gasteiger partial charge in [-0.2, -0.15) is 0 Å². The number of carbonyl (C=O) groups excluding carboxylic acids is 2. The number of hydrogen-bond donors (Lipinski definition) is 1. The van der Waals surface area contributed by atoms with Crippen LogP contribution in [-0.2, 0) is 32.6 Å². The summed E-state index contributed by atoms with van der Waals surface area (Å²) in [7, 11) is -4.09. The van der Waals surface area contributed by atoms with E-state index in [1.807, 2.05) is 75.4 Å². The lowest BCUT2D eigenvalue weighted by Crippen LogP contribution is -2.54. The Balaban J connectivity index is 2.06. The standard InChI is InChI=1S/C30H35F2N3O4S/c1-5-22(3)33-30(37)28(17-23-9-7-6-8-10-23)34(19-24-13-11-21(2)12-14-24)29(36)20-35(40(4,38)39)25-15-16-26(31)27(32)18-25/h6-16,18,22,28H,5,17,19-20H2,1-4H3,(H,33,37)/t22-,28+/m1/s1. The lowest BCUT2D eigenvalue weighted by atomic mass is 10.0. The maximum Gasteiger partial charge on any atom is 0.244 e. The molecule has 0 bridgehead atoms. The molecule has 0 unspecified atom stereocenters. The molecule has 0 radical (unpaired) electrons. The Kier molecular flexibility index (Phi) is 10.4. The first kappa shape index (κ1) is 30.7. The van der Waals surface area contributed by atoms with E-state index in [0.29, 0.717) is 10.7 Å². The summed E-state index contributed by atoms with van der Waals surface area (Å²) in [6.07, 6.45) is 1.74. The first-order chi connectivity index (χ1) is 18.9. The van der Waals surface area contributed by atoms with Gasteiger partial charge in [0, 0.05) is 25.1 Å². The number of nitrogens with one attached hydrogen (secondary N) is 1. The van der Waals surface area contributed by atoms with Crippen molar-refractivity contribution < 1.29 is 26.8 Å². The van der Waals surface area contributed by atoms with E-state index in [4.69, 9.17) is 0 Å². The molecule has 0 aliphatic heterocycles. The van der Waals surface area contributed by atoms with Crippen molar-refractivity contribution in [3.8, 4) is 0 Å². The molecule has 0 aliphatic rings. The SMILES string of the molecule is CC[C@@H](C)NC(=O)[C@H](Cc1ccccc1)N(Cc1ccc(C)cc1)C(=O)CN(c1ccc(F)c(F)c1)S(C)(=O)=O. The second kappa shape index (κ2) is 13.5. The first-order valence-electron chi connectivity index (χ1n) is 13.0. The molecule has 0 fully saturated rings. The molecule has 0 spiro atoms. The van der Waals surface area contributed by atoms with Gasteiger partial charge in [-0.15, -0.1) is 0 Å². The Morgan fingerprint density at radius 2 is 1.57 bits per heavy atom. The number of rotatable bonds is 12. The third-order valence-corrected chi connectivity index (χ3v) is 7.76. The molecule has 3 aromatic rings. The van der Waals surface area contributed by atoms with E-state index >= 15 is 0 Å². The third kappa shape index (κ3) is 8.35. The fraction of sp³-hybridized carbons (Fsp3) is 0.333. The summed E-state index contributed by atoms with van der Waals surface area (Å²) < 4.78 is 53.8. The second-order valence-corrected chi connectivity index (χ2v) is 11.8. The summed E-state index contributed by atoms with van der Waals surface area (Å²) in [5, 5.41) is 2.95. The molecular weight excluding hydrogens is 536 g/mol. The average molecular weight is 572 g/mol. The summed E-state index contributed by atoms with van der Waals surface area (Å²) in [5.41, 5.74) is 2.37. The molecule has 0 saturated heterocycles. The van der Waals surface area contributed by atoms with Crippen LogP contribution in [0.15, 0.2) is 72.8 Å². The fourth-order valence-electron chi connectivity index (χ4n) is 4.14. The number of anilines is 1. The van der Waals surface area contributed by atoms with Crippen molar-refractivity contribution in [2.24, 2.45) is 0 Å². The van der Waals surface area contributed by atoms with Gasteiger partial charge in [0.25, 0.3) is 0 Å². The smallest absolute Gasteiger partial charge is 0.244 e. The van der Waals surface area contributed by atoms with E-state index in [0.717, 1.165) is 41.1 Å². The van der Waals surface area contributed by atoms with Gasteiger partial charge >= 0.3 is 0 Å². The van der Waals surface area contributed by atoms with Crippen LogP contribution in [0, 0.1) is 18.6 Å². The van der Waals surface area contributed by atoms with E-state index in [1.54, 1.807) is 0 Å². The number of benzene rings is 3. The predicted octanol–water partition coefficient (Wildman–Crippen LogP) is 4.59. The van der Waals surface area contributed by atoms with Crippen molar-refractivity contribution in [1.82, 2.24) is 10.2 Å². The van der Waals surface area contributed by atoms with Crippen molar-refractivity contribution in [2.75, 3.05) is 17.1 Å². The van der Waals surface area contributed by atoms with Crippen LogP contribution in [-0.4, -0.2) is 50.0 Å². The monoisotopic (exact) mass is 571 g/mol. The minimum Gasteiger partial charge on any atom is -0.352 e. The number of amides is 2. The number of hydrogen-bond acceptors (Lipinski definition) is 4. The Labute approximate surface area is 234 Å². The van der Waals surface area contributed by atoms with Crippen molar-refractivity contribution in [3.63, 3.8) is 0 Å². The van der Waals surface area contributed by atoms with Crippen LogP contribution in [0.5, 0.6) is 0 Å². The van der Waals surface area contributed by atoms with E-state index in [-0.39, 0.29) is 30.6 Å². The maximum absolute atomic E-state index is 14.0. The second-order valence-electron chi connectivity index (χ2n) is 9.90. The van der Waals surface area contributed by atoms with Gasteiger partial charge in [-0.1, -0.05) is 67.1 Å². The highest BCUT2D eigenvalue weighted by Gasteiger charge is 2.33. The van der Waals surface area contributed by atoms with Crippen molar-refractivity contribution in [3.05, 3.63) is 101 Å². The van der Waals surface area contributed by atoms with E-state index in [2.05, 4.69) is 5.32 Å². The third-order valence-electron chi connectivity index (χ3n) is 6.62. The number of sulfonamides is 1. The normalized spacial score (nSPS) is 12.8. The molecule has 0 heterocycles. The number of nitrogens with zero attached hydrogens (tertiary/aromatic N) is 2. The van der Waals surface area contributed by atoms with Gasteiger partial charge < -0.3 is 10.2 Å². The first-order valence-corrected chi connectivity index (χ1v) is 14.9. The molecule has 214 valence electrons. The highest BCUT2D eigenvalue weighted by Crippen LogP contribution is 2.22. The lowest BCUT2D eigenvalue weighted by molar-refractivity contribution is -0.140. The van der Waals surface area contributed by atoms with Gasteiger partial charge in [0.15, 0.2) is 11.6 Å². The van der Waals surface area contributed by atoms with Crippen molar-refractivity contribution in [2.45, 2.75) is 52.2 Å². The molecule has 7 nitrogen and oxygen atoms in total. The Morgan fingerprint density at radius 1 is 0.925 bits per heavy atom. The quantitative estimate of drug-likeness (QED) is 0.345. The van der Waals surface area contributed by atoms with Crippen LogP contribution in [0.4, 0.5) is 14.5 Å². The zero-order valence-electron chi connectivity index (χ0n) is 23.1. The van der Waals surface area contributed by atoms with E-state index in [1.165, 1.54) is 4.90 Å². The van der Waals surface area contributed by atoms with Crippen LogP contribution in [0.2, 0.25) is 0 Å². The molecule has 2 atom stereocenters. The number of aryl methyl sites for hydroxylation is 1. The van der Waals surface area contributed by atoms with Gasteiger partial charge in [-0.25, -0.2) is 17.2 Å². The predicted molar refractivity (Wildman–Crippen MR) is 152 cm³/mol. The molecule has 1 N–H and O–H groups in total. The lowest BCUT2D eigenvalue weighted by Gasteiger charge is -2.34. The van der Waals surface area contributed by atoms with Crippen molar-refractivity contribution >= 4 is 27.5 Å². The Bertz CT molecular complexity index is 1420. The van der Waals surface area contributed by atoms with E-state index in [9.17, 15) is 26.8 Å². The summed E-state index contributed by atoms with van der Waals surface area (Å²) in [5.74, 6) is -3.44. The fourth-order valence-corrected chi connectivity index (χ4v) is 4.98. The van der Waals surface area contributed by atoms with Crippen LogP contribution >= 0.6 is 0 Å². The highest BCUT2D eigenvalue weighted by atomic mass is 32.2. The minimum absolute atomic E-state index is 0.0277. The molecule has 3 rings (SSSR count). The topological polar surface area (TPSA) is 86.8 Å².